The monoisotopic (exact) mass is 337 g/mol. The van der Waals surface area contributed by atoms with Crippen LogP contribution in [0.3, 0.4) is 0 Å². The molecule has 134 valence electrons. The molecule has 0 aliphatic heterocycles. The Morgan fingerprint density at radius 3 is 1.82 bits per heavy atom. The van der Waals surface area contributed by atoms with Crippen LogP contribution in [0.25, 0.3) is 0 Å². The summed E-state index contributed by atoms with van der Waals surface area (Å²) in [6.07, 6.45) is 3.52. The molecule has 0 atom stereocenters. The molecule has 0 aliphatic carbocycles. The Morgan fingerprint density at radius 2 is 1.45 bits per heavy atom. The van der Waals surface area contributed by atoms with Crippen molar-refractivity contribution in [2.75, 3.05) is 33.0 Å². The van der Waals surface area contributed by atoms with Gasteiger partial charge in [0.25, 0.3) is 0 Å². The number of hydrogen-bond acceptors (Lipinski definition) is 6. The average Bonchev–Trinajstić information content (AvgIpc) is 2.50. The lowest BCUT2D eigenvalue weighted by Gasteiger charge is -2.39. The van der Waals surface area contributed by atoms with Gasteiger partial charge in [-0.2, -0.15) is 0 Å². The molecule has 0 bridgehead atoms. The molecule has 0 aliphatic rings. The summed E-state index contributed by atoms with van der Waals surface area (Å²) < 4.78 is 18.3. The maximum atomic E-state index is 9.13. The Balaban J connectivity index is 5.10. The SMILES string of the molecule is CCO[Si](CCCN)(OCC)OC(C)(CCCO)CCCO. The predicted octanol–water partition coefficient (Wildman–Crippen LogP) is 1.67. The molecule has 0 amide bonds. The lowest BCUT2D eigenvalue weighted by molar-refractivity contribution is -0.0349. The fraction of sp³-hybridized carbons (Fsp3) is 1.00. The zero-order valence-electron chi connectivity index (χ0n) is 14.5. The molecule has 0 unspecified atom stereocenters. The van der Waals surface area contributed by atoms with Crippen LogP contribution in [-0.2, 0) is 13.3 Å². The van der Waals surface area contributed by atoms with E-state index < -0.39 is 14.4 Å². The van der Waals surface area contributed by atoms with Crippen molar-refractivity contribution in [1.82, 2.24) is 0 Å². The van der Waals surface area contributed by atoms with Gasteiger partial charge in [0.05, 0.1) is 5.60 Å². The van der Waals surface area contributed by atoms with E-state index in [2.05, 4.69) is 0 Å². The third-order valence-corrected chi connectivity index (χ3v) is 6.77. The van der Waals surface area contributed by atoms with Crippen LogP contribution in [-0.4, -0.2) is 57.6 Å². The van der Waals surface area contributed by atoms with Crippen LogP contribution >= 0.6 is 0 Å². The van der Waals surface area contributed by atoms with Crippen LogP contribution in [0, 0.1) is 0 Å². The van der Waals surface area contributed by atoms with E-state index in [9.17, 15) is 0 Å². The summed E-state index contributed by atoms with van der Waals surface area (Å²) in [5.74, 6) is 0. The van der Waals surface area contributed by atoms with Gasteiger partial charge in [0.2, 0.25) is 0 Å². The molecule has 4 N–H and O–H groups in total. The molecule has 0 rings (SSSR count). The summed E-state index contributed by atoms with van der Waals surface area (Å²) in [5, 5.41) is 18.3. The minimum atomic E-state index is -2.80. The predicted molar refractivity (Wildman–Crippen MR) is 89.6 cm³/mol. The summed E-state index contributed by atoms with van der Waals surface area (Å²) in [6, 6.07) is 0.693. The van der Waals surface area contributed by atoms with Crippen molar-refractivity contribution in [3.63, 3.8) is 0 Å². The fourth-order valence-electron chi connectivity index (χ4n) is 2.56. The number of nitrogens with two attached hydrogens (primary N) is 1. The van der Waals surface area contributed by atoms with Crippen LogP contribution < -0.4 is 5.73 Å². The van der Waals surface area contributed by atoms with E-state index in [1.807, 2.05) is 20.8 Å². The molecule has 0 heterocycles. The first kappa shape index (κ1) is 22.0. The van der Waals surface area contributed by atoms with Crippen molar-refractivity contribution in [3.05, 3.63) is 0 Å². The van der Waals surface area contributed by atoms with Gasteiger partial charge in [0, 0.05) is 32.5 Å². The molecule has 0 radical (unpaired) electrons. The third-order valence-electron chi connectivity index (χ3n) is 3.54. The van der Waals surface area contributed by atoms with Gasteiger partial charge in [-0.05, 0) is 59.4 Å². The van der Waals surface area contributed by atoms with Crippen molar-refractivity contribution in [3.8, 4) is 0 Å². The topological polar surface area (TPSA) is 94.2 Å². The maximum absolute atomic E-state index is 9.13. The van der Waals surface area contributed by atoms with E-state index >= 15 is 0 Å². The number of rotatable bonds is 15. The molecule has 6 nitrogen and oxygen atoms in total. The highest BCUT2D eigenvalue weighted by Crippen LogP contribution is 2.31. The molecule has 22 heavy (non-hydrogen) atoms. The van der Waals surface area contributed by atoms with Crippen LogP contribution in [0.1, 0.15) is 52.9 Å². The Bertz CT molecular complexity index is 254. The van der Waals surface area contributed by atoms with E-state index in [1.54, 1.807) is 0 Å². The second kappa shape index (κ2) is 12.4. The van der Waals surface area contributed by atoms with E-state index in [-0.39, 0.29) is 13.2 Å². The van der Waals surface area contributed by atoms with Crippen molar-refractivity contribution in [1.29, 1.82) is 0 Å². The summed E-state index contributed by atoms with van der Waals surface area (Å²) in [6.45, 7) is 7.77. The summed E-state index contributed by atoms with van der Waals surface area (Å²) >= 11 is 0. The molecule has 0 spiro atoms. The molecule has 0 aromatic carbocycles. The Kier molecular flexibility index (Phi) is 12.4. The van der Waals surface area contributed by atoms with E-state index in [0.717, 1.165) is 6.42 Å². The van der Waals surface area contributed by atoms with Crippen LogP contribution in [0.2, 0.25) is 6.04 Å². The minimum Gasteiger partial charge on any atom is -0.396 e. The van der Waals surface area contributed by atoms with Crippen molar-refractivity contribution >= 4 is 8.80 Å². The maximum Gasteiger partial charge on any atom is 0.501 e. The van der Waals surface area contributed by atoms with E-state index in [0.29, 0.717) is 51.5 Å². The van der Waals surface area contributed by atoms with Crippen LogP contribution in [0.15, 0.2) is 0 Å². The third kappa shape index (κ3) is 8.57. The van der Waals surface area contributed by atoms with E-state index in [1.165, 1.54) is 0 Å². The molecule has 7 heteroatoms. The summed E-state index contributed by atoms with van der Waals surface area (Å²) in [5.41, 5.74) is 5.18. The van der Waals surface area contributed by atoms with Gasteiger partial charge in [-0.1, -0.05) is 0 Å². The van der Waals surface area contributed by atoms with Gasteiger partial charge in [0.1, 0.15) is 0 Å². The van der Waals surface area contributed by atoms with Gasteiger partial charge >= 0.3 is 8.80 Å². The van der Waals surface area contributed by atoms with Gasteiger partial charge in [-0.3, -0.25) is 0 Å². The first-order valence-corrected chi connectivity index (χ1v) is 10.3. The lowest BCUT2D eigenvalue weighted by atomic mass is 9.95. The first-order valence-electron chi connectivity index (χ1n) is 8.41. The van der Waals surface area contributed by atoms with Gasteiger partial charge in [-0.15, -0.1) is 0 Å². The van der Waals surface area contributed by atoms with Crippen LogP contribution in [0.4, 0.5) is 0 Å². The molecule has 0 saturated heterocycles. The normalized spacial score (nSPS) is 12.8. The van der Waals surface area contributed by atoms with Crippen molar-refractivity contribution in [2.24, 2.45) is 5.73 Å². The quantitative estimate of drug-likeness (QED) is 0.394. The molecular formula is C15H35NO5Si. The standard InChI is InChI=1S/C15H35NO5Si/c1-4-19-22(20-5-2,14-8-11-16)21-15(3,9-6-12-17)10-7-13-18/h17-18H,4-14,16H2,1-3H3. The minimum absolute atomic E-state index is 0.124. The number of aliphatic hydroxyl groups is 2. The Hall–Kier alpha value is -0.0231. The molecule has 0 saturated carbocycles. The van der Waals surface area contributed by atoms with Crippen molar-refractivity contribution in [2.45, 2.75) is 64.5 Å². The van der Waals surface area contributed by atoms with Crippen molar-refractivity contribution < 1.29 is 23.5 Å². The zero-order valence-corrected chi connectivity index (χ0v) is 15.5. The summed E-state index contributed by atoms with van der Waals surface area (Å²) in [7, 11) is -2.80. The van der Waals surface area contributed by atoms with Gasteiger partial charge in [0.15, 0.2) is 0 Å². The first-order chi connectivity index (χ1) is 10.5. The van der Waals surface area contributed by atoms with Crippen LogP contribution in [0.5, 0.6) is 0 Å². The lowest BCUT2D eigenvalue weighted by Crippen LogP contribution is -2.52. The highest BCUT2D eigenvalue weighted by molar-refractivity contribution is 6.60. The summed E-state index contributed by atoms with van der Waals surface area (Å²) in [4.78, 5) is 0. The molecule has 0 fully saturated rings. The largest absolute Gasteiger partial charge is 0.501 e. The van der Waals surface area contributed by atoms with Gasteiger partial charge < -0.3 is 29.2 Å². The molecule has 0 aromatic rings. The van der Waals surface area contributed by atoms with E-state index in [4.69, 9.17) is 29.2 Å². The number of hydrogen-bond donors (Lipinski definition) is 3. The molecular weight excluding hydrogens is 302 g/mol. The second-order valence-electron chi connectivity index (χ2n) is 5.65. The highest BCUT2D eigenvalue weighted by atomic mass is 28.4. The fourth-order valence-corrected chi connectivity index (χ4v) is 5.63. The Morgan fingerprint density at radius 1 is 0.955 bits per heavy atom. The Labute approximate surface area is 136 Å². The second-order valence-corrected chi connectivity index (χ2v) is 8.30. The average molecular weight is 338 g/mol. The smallest absolute Gasteiger partial charge is 0.396 e. The van der Waals surface area contributed by atoms with Gasteiger partial charge in [-0.25, -0.2) is 0 Å². The molecule has 0 aromatic heterocycles. The number of aliphatic hydroxyl groups excluding tert-OH is 2. The zero-order chi connectivity index (χ0) is 16.9. The highest BCUT2D eigenvalue weighted by Gasteiger charge is 2.45.